The van der Waals surface area contributed by atoms with E-state index in [9.17, 15) is 22.0 Å². The van der Waals surface area contributed by atoms with E-state index in [1.807, 2.05) is 0 Å². The van der Waals surface area contributed by atoms with E-state index in [1.165, 1.54) is 18.9 Å². The van der Waals surface area contributed by atoms with E-state index in [-0.39, 0.29) is 31.8 Å². The van der Waals surface area contributed by atoms with E-state index in [0.717, 1.165) is 25.9 Å². The zero-order chi connectivity index (χ0) is 27.8. The number of aliphatic hydroxyl groups excluding tert-OH is 1. The van der Waals surface area contributed by atoms with Gasteiger partial charge in [-0.3, -0.25) is 9.52 Å². The van der Waals surface area contributed by atoms with Crippen LogP contribution in [0, 0.1) is 12.3 Å². The van der Waals surface area contributed by atoms with Gasteiger partial charge in [0.05, 0.1) is 29.3 Å². The van der Waals surface area contributed by atoms with E-state index in [4.69, 9.17) is 5.11 Å². The number of amides is 1. The van der Waals surface area contributed by atoms with E-state index >= 15 is 0 Å². The Hall–Kier alpha value is -2.99. The Kier molecular flexibility index (Phi) is 7.45. The van der Waals surface area contributed by atoms with Crippen molar-refractivity contribution < 1.29 is 27.1 Å². The molecule has 0 unspecified atom stereocenters. The number of hydrogen-bond donors (Lipinski definition) is 3. The van der Waals surface area contributed by atoms with E-state index in [2.05, 4.69) is 19.9 Å². The second-order valence-corrected chi connectivity index (χ2v) is 12.9. The van der Waals surface area contributed by atoms with E-state index in [0.29, 0.717) is 39.6 Å². The molecule has 3 fully saturated rings. The third-order valence-electron chi connectivity index (χ3n) is 8.01. The van der Waals surface area contributed by atoms with Crippen LogP contribution >= 0.6 is 0 Å². The molecule has 2 aromatic rings. The molecule has 0 atom stereocenters. The zero-order valence-electron chi connectivity index (χ0n) is 22.0. The predicted molar refractivity (Wildman–Crippen MR) is 147 cm³/mol. The van der Waals surface area contributed by atoms with Gasteiger partial charge in [0.1, 0.15) is 5.82 Å². The highest BCUT2D eigenvalue weighted by Crippen LogP contribution is 2.54. The van der Waals surface area contributed by atoms with Gasteiger partial charge < -0.3 is 20.2 Å². The number of benzene rings is 1. The number of aryl methyl sites for hydroxylation is 1. The first kappa shape index (κ1) is 27.6. The van der Waals surface area contributed by atoms with Crippen LogP contribution in [0.15, 0.2) is 30.3 Å². The largest absolute Gasteiger partial charge is 0.395 e. The SMILES string of the molecule is Cc1cc(NC(=O)c2ccc(NS(=O)(=O)CCO)cc2N2CCC3(CC2)CC3)cc(N2CCC(F)(F)CC2)n1. The summed E-state index contributed by atoms with van der Waals surface area (Å²) in [4.78, 5) is 22.0. The summed E-state index contributed by atoms with van der Waals surface area (Å²) in [6.45, 7) is 3.20. The van der Waals surface area contributed by atoms with E-state index in [1.54, 1.807) is 36.1 Å². The van der Waals surface area contributed by atoms with Crippen molar-refractivity contribution >= 4 is 38.8 Å². The molecule has 39 heavy (non-hydrogen) atoms. The summed E-state index contributed by atoms with van der Waals surface area (Å²) >= 11 is 0. The summed E-state index contributed by atoms with van der Waals surface area (Å²) < 4.78 is 54.3. The number of nitrogens with zero attached hydrogens (tertiary/aromatic N) is 3. The lowest BCUT2D eigenvalue weighted by Gasteiger charge is -2.35. The third kappa shape index (κ3) is 6.60. The Balaban J connectivity index is 1.39. The van der Waals surface area contributed by atoms with Crippen molar-refractivity contribution in [3.05, 3.63) is 41.6 Å². The number of sulfonamides is 1. The van der Waals surface area contributed by atoms with Gasteiger partial charge in [-0.2, -0.15) is 0 Å². The van der Waals surface area contributed by atoms with E-state index < -0.39 is 28.3 Å². The van der Waals surface area contributed by atoms with Crippen LogP contribution in [0.4, 0.5) is 31.7 Å². The summed E-state index contributed by atoms with van der Waals surface area (Å²) in [5.41, 5.74) is 2.94. The number of piperidine rings is 2. The van der Waals surface area contributed by atoms with Crippen molar-refractivity contribution in [1.82, 2.24) is 4.98 Å². The number of carbonyl (C=O) groups excluding carboxylic acids is 1. The molecule has 212 valence electrons. The summed E-state index contributed by atoms with van der Waals surface area (Å²) in [6, 6.07) is 8.24. The molecular weight excluding hydrogens is 528 g/mol. The van der Waals surface area contributed by atoms with Crippen LogP contribution in [0.1, 0.15) is 54.6 Å². The second kappa shape index (κ2) is 10.5. The molecular formula is C27H35F2N5O4S. The zero-order valence-corrected chi connectivity index (χ0v) is 22.9. The van der Waals surface area contributed by atoms with Crippen LogP contribution < -0.4 is 19.8 Å². The Labute approximate surface area is 227 Å². The molecule has 3 heterocycles. The van der Waals surface area contributed by atoms with Crippen molar-refractivity contribution in [2.45, 2.75) is 51.4 Å². The Morgan fingerprint density at radius 2 is 1.64 bits per heavy atom. The number of halogens is 2. The minimum atomic E-state index is -3.73. The molecule has 9 nitrogen and oxygen atoms in total. The van der Waals surface area contributed by atoms with Gasteiger partial charge in [0.2, 0.25) is 10.0 Å². The average molecular weight is 564 g/mol. The van der Waals surface area contributed by atoms with Gasteiger partial charge >= 0.3 is 0 Å². The molecule has 1 aromatic heterocycles. The minimum absolute atomic E-state index is 0.186. The standard InChI is InChI=1S/C27H35F2N5O4S/c1-19-16-21(18-24(30-19)34-12-8-27(28,29)9-13-34)31-25(36)22-3-2-20(32-39(37,38)15-14-35)17-23(22)33-10-6-26(4-5-26)7-11-33/h2-3,16-18,32,35H,4-15H2,1H3,(H,30,31,36). The van der Waals surface area contributed by atoms with Gasteiger partial charge in [0.25, 0.3) is 11.8 Å². The summed E-state index contributed by atoms with van der Waals surface area (Å²) in [6.07, 6.45) is 4.03. The molecule has 1 aliphatic carbocycles. The molecule has 12 heteroatoms. The molecule has 5 rings (SSSR count). The maximum absolute atomic E-state index is 13.6. The van der Waals surface area contributed by atoms with Gasteiger partial charge in [-0.15, -0.1) is 0 Å². The topological polar surface area (TPSA) is 115 Å². The molecule has 2 saturated heterocycles. The van der Waals surface area contributed by atoms with Crippen LogP contribution in [-0.4, -0.2) is 68.9 Å². The number of aliphatic hydroxyl groups is 1. The summed E-state index contributed by atoms with van der Waals surface area (Å²) in [5, 5.41) is 12.0. The number of rotatable bonds is 8. The number of aromatic nitrogens is 1. The first-order valence-corrected chi connectivity index (χ1v) is 15.1. The number of anilines is 4. The molecule has 0 bridgehead atoms. The number of nitrogens with one attached hydrogen (secondary N) is 2. The molecule has 1 spiro atoms. The molecule has 1 amide bonds. The lowest BCUT2D eigenvalue weighted by Crippen LogP contribution is -2.39. The van der Waals surface area contributed by atoms with Crippen LogP contribution in [0.25, 0.3) is 0 Å². The summed E-state index contributed by atoms with van der Waals surface area (Å²) in [7, 11) is -3.73. The van der Waals surface area contributed by atoms with Gasteiger partial charge in [0, 0.05) is 56.5 Å². The fourth-order valence-electron chi connectivity index (χ4n) is 5.44. The van der Waals surface area contributed by atoms with Crippen LogP contribution in [0.3, 0.4) is 0 Å². The summed E-state index contributed by atoms with van der Waals surface area (Å²) in [5.74, 6) is -2.90. The highest BCUT2D eigenvalue weighted by atomic mass is 32.2. The number of hydrogen-bond acceptors (Lipinski definition) is 7. The second-order valence-electron chi connectivity index (χ2n) is 11.0. The first-order chi connectivity index (χ1) is 18.5. The molecule has 3 aliphatic rings. The lowest BCUT2D eigenvalue weighted by atomic mass is 9.93. The Morgan fingerprint density at radius 1 is 0.974 bits per heavy atom. The van der Waals surface area contributed by atoms with Crippen molar-refractivity contribution in [2.75, 3.05) is 58.4 Å². The quantitative estimate of drug-likeness (QED) is 0.445. The highest BCUT2D eigenvalue weighted by molar-refractivity contribution is 7.92. The molecule has 1 aromatic carbocycles. The lowest BCUT2D eigenvalue weighted by molar-refractivity contribution is -0.0221. The van der Waals surface area contributed by atoms with Gasteiger partial charge in [0.15, 0.2) is 0 Å². The fourth-order valence-corrected chi connectivity index (χ4v) is 6.27. The fraction of sp³-hybridized carbons (Fsp3) is 0.556. The molecule has 1 saturated carbocycles. The maximum atomic E-state index is 13.6. The monoisotopic (exact) mass is 563 g/mol. The molecule has 3 N–H and O–H groups in total. The van der Waals surface area contributed by atoms with Crippen LogP contribution in [0.2, 0.25) is 0 Å². The molecule has 2 aliphatic heterocycles. The normalized spacial score (nSPS) is 20.1. The van der Waals surface area contributed by atoms with Gasteiger partial charge in [-0.05, 0) is 62.3 Å². The Morgan fingerprint density at radius 3 is 2.28 bits per heavy atom. The van der Waals surface area contributed by atoms with Crippen LogP contribution in [-0.2, 0) is 10.0 Å². The average Bonchev–Trinajstić information content (AvgIpc) is 3.62. The van der Waals surface area contributed by atoms with Gasteiger partial charge in [-0.25, -0.2) is 22.2 Å². The number of carbonyl (C=O) groups is 1. The smallest absolute Gasteiger partial charge is 0.257 e. The maximum Gasteiger partial charge on any atom is 0.257 e. The molecule has 0 radical (unpaired) electrons. The van der Waals surface area contributed by atoms with Gasteiger partial charge in [-0.1, -0.05) is 0 Å². The van der Waals surface area contributed by atoms with Crippen LogP contribution in [0.5, 0.6) is 0 Å². The van der Waals surface area contributed by atoms with Crippen molar-refractivity contribution in [2.24, 2.45) is 5.41 Å². The first-order valence-electron chi connectivity index (χ1n) is 13.4. The third-order valence-corrected chi connectivity index (χ3v) is 9.28. The van der Waals surface area contributed by atoms with Crippen molar-refractivity contribution in [3.63, 3.8) is 0 Å². The highest BCUT2D eigenvalue weighted by Gasteiger charge is 2.44. The van der Waals surface area contributed by atoms with Crippen molar-refractivity contribution in [3.8, 4) is 0 Å². The minimum Gasteiger partial charge on any atom is -0.395 e. The Bertz CT molecular complexity index is 1330. The predicted octanol–water partition coefficient (Wildman–Crippen LogP) is 3.99. The number of pyridine rings is 1. The number of alkyl halides is 2. The van der Waals surface area contributed by atoms with Crippen molar-refractivity contribution in [1.29, 1.82) is 0 Å².